The van der Waals surface area contributed by atoms with Crippen LogP contribution in [0.15, 0.2) is 48.7 Å². The van der Waals surface area contributed by atoms with E-state index in [1.54, 1.807) is 37.3 Å². The molecular weight excluding hydrogens is 360 g/mol. The third-order valence-corrected chi connectivity index (χ3v) is 4.74. The lowest BCUT2D eigenvalue weighted by Crippen LogP contribution is -2.41. The Morgan fingerprint density at radius 1 is 1.04 bits per heavy atom. The zero-order chi connectivity index (χ0) is 17.8. The summed E-state index contributed by atoms with van der Waals surface area (Å²) >= 11 is 7.12. The Balaban J connectivity index is 1.70. The second kappa shape index (κ2) is 7.42. The molecule has 0 unspecified atom stereocenters. The molecule has 2 heterocycles. The molecule has 0 atom stereocenters. The van der Waals surface area contributed by atoms with Crippen LogP contribution in [-0.2, 0) is 0 Å². The Kier molecular flexibility index (Phi) is 5.06. The van der Waals surface area contributed by atoms with Crippen LogP contribution in [0.1, 0.15) is 25.9 Å². The predicted molar refractivity (Wildman–Crippen MR) is 96.5 cm³/mol. The van der Waals surface area contributed by atoms with Crippen molar-refractivity contribution in [3.05, 3.63) is 69.9 Å². The maximum Gasteiger partial charge on any atom is 0.288 e. The lowest BCUT2D eigenvalue weighted by Gasteiger charge is -2.05. The highest BCUT2D eigenvalue weighted by Crippen LogP contribution is 2.28. The summed E-state index contributed by atoms with van der Waals surface area (Å²) in [5.41, 5.74) is 6.39. The van der Waals surface area contributed by atoms with Crippen molar-refractivity contribution in [2.75, 3.05) is 0 Å². The van der Waals surface area contributed by atoms with Crippen molar-refractivity contribution in [3.8, 4) is 10.6 Å². The van der Waals surface area contributed by atoms with Crippen LogP contribution in [-0.4, -0.2) is 21.8 Å². The predicted octanol–water partition coefficient (Wildman–Crippen LogP) is 3.24. The number of hydrazine groups is 1. The molecule has 0 aliphatic heterocycles. The summed E-state index contributed by atoms with van der Waals surface area (Å²) in [6.07, 6.45) is 1.50. The monoisotopic (exact) mass is 372 g/mol. The molecule has 0 saturated heterocycles. The van der Waals surface area contributed by atoms with Crippen molar-refractivity contribution in [3.63, 3.8) is 0 Å². The Hall–Kier alpha value is -2.77. The molecule has 0 spiro atoms. The fraction of sp³-hybridized carbons (Fsp3) is 0.0588. The maximum atomic E-state index is 12.3. The van der Waals surface area contributed by atoms with Gasteiger partial charge in [-0.2, -0.15) is 0 Å². The lowest BCUT2D eigenvalue weighted by atomic mass is 10.2. The first-order valence-corrected chi connectivity index (χ1v) is 8.49. The lowest BCUT2D eigenvalue weighted by molar-refractivity contribution is 0.0845. The average Bonchev–Trinajstić information content (AvgIpc) is 3.02. The number of hydrogen-bond donors (Lipinski definition) is 2. The van der Waals surface area contributed by atoms with Gasteiger partial charge in [-0.25, -0.2) is 4.98 Å². The van der Waals surface area contributed by atoms with Gasteiger partial charge in [-0.3, -0.25) is 25.4 Å². The first kappa shape index (κ1) is 17.1. The third-order valence-electron chi connectivity index (χ3n) is 3.28. The Morgan fingerprint density at radius 3 is 2.44 bits per heavy atom. The van der Waals surface area contributed by atoms with E-state index in [9.17, 15) is 9.59 Å². The minimum Gasteiger partial charge on any atom is -0.266 e. The zero-order valence-corrected chi connectivity index (χ0v) is 14.7. The molecule has 0 saturated carbocycles. The minimum absolute atomic E-state index is 0.214. The molecule has 3 aromatic rings. The summed E-state index contributed by atoms with van der Waals surface area (Å²) in [6, 6.07) is 12.2. The molecule has 0 fully saturated rings. The van der Waals surface area contributed by atoms with Crippen molar-refractivity contribution < 1.29 is 9.59 Å². The Labute approximate surface area is 152 Å². The summed E-state index contributed by atoms with van der Waals surface area (Å²) in [5, 5.41) is 1.34. The van der Waals surface area contributed by atoms with Gasteiger partial charge in [-0.15, -0.1) is 11.3 Å². The number of rotatable bonds is 3. The van der Waals surface area contributed by atoms with Gasteiger partial charge in [0.05, 0.1) is 5.69 Å². The standard InChI is InChI=1S/C17H13ClN4O2S/c1-10-14(25-17(20-10)11-5-7-12(18)8-6-11)16(24)22-21-15(23)13-4-2-3-9-19-13/h2-9H,1H3,(H,21,23)(H,22,24). The summed E-state index contributed by atoms with van der Waals surface area (Å²) in [6.45, 7) is 1.74. The highest BCUT2D eigenvalue weighted by atomic mass is 35.5. The zero-order valence-electron chi connectivity index (χ0n) is 13.1. The van der Waals surface area contributed by atoms with Gasteiger partial charge in [0.1, 0.15) is 15.6 Å². The minimum atomic E-state index is -0.492. The fourth-order valence-corrected chi connectivity index (χ4v) is 3.15. The van der Waals surface area contributed by atoms with Gasteiger partial charge in [-0.05, 0) is 31.2 Å². The quantitative estimate of drug-likeness (QED) is 0.691. The number of nitrogens with zero attached hydrogens (tertiary/aromatic N) is 2. The van der Waals surface area contributed by atoms with Crippen molar-refractivity contribution in [1.29, 1.82) is 0 Å². The largest absolute Gasteiger partial charge is 0.288 e. The van der Waals surface area contributed by atoms with Crippen LogP contribution in [0.4, 0.5) is 0 Å². The maximum absolute atomic E-state index is 12.3. The number of aromatic nitrogens is 2. The van der Waals surface area contributed by atoms with Gasteiger partial charge in [-0.1, -0.05) is 29.8 Å². The molecule has 6 nitrogen and oxygen atoms in total. The summed E-state index contributed by atoms with van der Waals surface area (Å²) < 4.78 is 0. The van der Waals surface area contributed by atoms with E-state index in [0.717, 1.165) is 5.56 Å². The number of nitrogens with one attached hydrogen (secondary N) is 2. The van der Waals surface area contributed by atoms with Gasteiger partial charge in [0.15, 0.2) is 0 Å². The number of pyridine rings is 1. The van der Waals surface area contributed by atoms with Gasteiger partial charge in [0.2, 0.25) is 0 Å². The van der Waals surface area contributed by atoms with Gasteiger partial charge < -0.3 is 0 Å². The summed E-state index contributed by atoms with van der Waals surface area (Å²) in [7, 11) is 0. The third kappa shape index (κ3) is 4.01. The number of carbonyl (C=O) groups excluding carboxylic acids is 2. The number of aryl methyl sites for hydroxylation is 1. The van der Waals surface area contributed by atoms with E-state index < -0.39 is 11.8 Å². The van der Waals surface area contributed by atoms with E-state index in [2.05, 4.69) is 20.8 Å². The highest BCUT2D eigenvalue weighted by Gasteiger charge is 2.17. The first-order valence-electron chi connectivity index (χ1n) is 7.29. The van der Waals surface area contributed by atoms with Crippen LogP contribution in [0, 0.1) is 6.92 Å². The summed E-state index contributed by atoms with van der Waals surface area (Å²) in [4.78, 5) is 33.0. The molecule has 2 aromatic heterocycles. The highest BCUT2D eigenvalue weighted by molar-refractivity contribution is 7.17. The topological polar surface area (TPSA) is 84.0 Å². The van der Waals surface area contributed by atoms with Crippen LogP contribution in [0.3, 0.4) is 0 Å². The van der Waals surface area contributed by atoms with Gasteiger partial charge in [0.25, 0.3) is 11.8 Å². The van der Waals surface area contributed by atoms with Crippen molar-refractivity contribution in [2.45, 2.75) is 6.92 Å². The first-order chi connectivity index (χ1) is 12.0. The number of thiazole rings is 1. The van der Waals surface area contributed by atoms with E-state index in [0.29, 0.717) is 20.6 Å². The van der Waals surface area contributed by atoms with Crippen LogP contribution < -0.4 is 10.9 Å². The molecule has 25 heavy (non-hydrogen) atoms. The molecule has 0 aliphatic rings. The second-order valence-electron chi connectivity index (χ2n) is 5.06. The van der Waals surface area contributed by atoms with Gasteiger partial charge >= 0.3 is 0 Å². The SMILES string of the molecule is Cc1nc(-c2ccc(Cl)cc2)sc1C(=O)NNC(=O)c1ccccn1. The molecule has 8 heteroatoms. The fourth-order valence-electron chi connectivity index (χ4n) is 2.05. The van der Waals surface area contributed by atoms with E-state index in [1.807, 2.05) is 12.1 Å². The number of hydrogen-bond acceptors (Lipinski definition) is 5. The Bertz CT molecular complexity index is 910. The number of halogens is 1. The van der Waals surface area contributed by atoms with Crippen LogP contribution in [0.2, 0.25) is 5.02 Å². The van der Waals surface area contributed by atoms with Crippen LogP contribution in [0.25, 0.3) is 10.6 Å². The smallest absolute Gasteiger partial charge is 0.266 e. The van der Waals surface area contributed by atoms with Crippen molar-refractivity contribution in [2.24, 2.45) is 0 Å². The van der Waals surface area contributed by atoms with E-state index in [1.165, 1.54) is 17.5 Å². The molecule has 1 aromatic carbocycles. The molecule has 3 rings (SSSR count). The molecule has 2 N–H and O–H groups in total. The number of amides is 2. The van der Waals surface area contributed by atoms with Crippen LogP contribution >= 0.6 is 22.9 Å². The van der Waals surface area contributed by atoms with E-state index >= 15 is 0 Å². The normalized spacial score (nSPS) is 10.3. The van der Waals surface area contributed by atoms with E-state index in [4.69, 9.17) is 11.6 Å². The molecular formula is C17H13ClN4O2S. The Morgan fingerprint density at radius 2 is 1.76 bits per heavy atom. The average molecular weight is 373 g/mol. The summed E-state index contributed by atoms with van der Waals surface area (Å²) in [5.74, 6) is -0.923. The van der Waals surface area contributed by atoms with E-state index in [-0.39, 0.29) is 5.69 Å². The molecule has 0 bridgehead atoms. The number of carbonyl (C=O) groups is 2. The van der Waals surface area contributed by atoms with Crippen molar-refractivity contribution >= 4 is 34.8 Å². The molecule has 0 aliphatic carbocycles. The number of benzene rings is 1. The van der Waals surface area contributed by atoms with Crippen LogP contribution in [0.5, 0.6) is 0 Å². The van der Waals surface area contributed by atoms with Crippen molar-refractivity contribution in [1.82, 2.24) is 20.8 Å². The molecule has 2 amide bonds. The molecule has 126 valence electrons. The molecule has 0 radical (unpaired) electrons. The van der Waals surface area contributed by atoms with Gasteiger partial charge in [0, 0.05) is 16.8 Å². The second-order valence-corrected chi connectivity index (χ2v) is 6.50.